The molecule has 0 aliphatic carbocycles. The van der Waals surface area contributed by atoms with Crippen LogP contribution in [0.3, 0.4) is 0 Å². The molecule has 156 valence electrons. The maximum Gasteiger partial charge on any atom is 0.261 e. The van der Waals surface area contributed by atoms with Gasteiger partial charge in [0.05, 0.1) is 16.7 Å². The fourth-order valence-electron chi connectivity index (χ4n) is 2.82. The summed E-state index contributed by atoms with van der Waals surface area (Å²) >= 11 is 6.04. The first-order valence-corrected chi connectivity index (χ1v) is 11.1. The topological polar surface area (TPSA) is 93.7 Å². The SMILES string of the molecule is Cc1ccc(NS(=O)(=O)c2ccc(OCC(=O)NC[C@@H]3CCCO3)cc2)cc1Cl. The largest absolute Gasteiger partial charge is 0.484 e. The molecule has 1 atom stereocenters. The molecule has 1 fully saturated rings. The van der Waals surface area contributed by atoms with Crippen LogP contribution in [0.2, 0.25) is 5.02 Å². The number of rotatable bonds is 8. The van der Waals surface area contributed by atoms with Crippen molar-refractivity contribution in [2.24, 2.45) is 0 Å². The van der Waals surface area contributed by atoms with E-state index < -0.39 is 10.0 Å². The summed E-state index contributed by atoms with van der Waals surface area (Å²) in [5.74, 6) is 0.143. The van der Waals surface area contributed by atoms with E-state index in [0.717, 1.165) is 25.0 Å². The van der Waals surface area contributed by atoms with Crippen molar-refractivity contribution in [3.8, 4) is 5.75 Å². The second kappa shape index (κ2) is 9.47. The summed E-state index contributed by atoms with van der Waals surface area (Å²) in [7, 11) is -3.77. The van der Waals surface area contributed by atoms with Crippen LogP contribution in [-0.4, -0.2) is 40.2 Å². The van der Waals surface area contributed by atoms with Gasteiger partial charge in [0.2, 0.25) is 0 Å². The van der Waals surface area contributed by atoms with E-state index in [2.05, 4.69) is 10.0 Å². The highest BCUT2D eigenvalue weighted by molar-refractivity contribution is 7.92. The first kappa shape index (κ1) is 21.4. The van der Waals surface area contributed by atoms with Crippen molar-refractivity contribution < 1.29 is 22.7 Å². The number of nitrogens with one attached hydrogen (secondary N) is 2. The summed E-state index contributed by atoms with van der Waals surface area (Å²) in [6.45, 7) is 2.88. The molecular formula is C20H23ClN2O5S. The Balaban J connectivity index is 1.53. The molecular weight excluding hydrogens is 416 g/mol. The molecule has 1 aliphatic rings. The fraction of sp³-hybridized carbons (Fsp3) is 0.350. The molecule has 3 rings (SSSR count). The summed E-state index contributed by atoms with van der Waals surface area (Å²) in [4.78, 5) is 11.9. The number of carbonyl (C=O) groups is 1. The lowest BCUT2D eigenvalue weighted by molar-refractivity contribution is -0.123. The zero-order valence-corrected chi connectivity index (χ0v) is 17.6. The zero-order chi connectivity index (χ0) is 20.9. The molecule has 0 spiro atoms. The maximum atomic E-state index is 12.5. The van der Waals surface area contributed by atoms with Crippen LogP contribution >= 0.6 is 11.6 Å². The van der Waals surface area contributed by atoms with Crippen LogP contribution in [-0.2, 0) is 19.6 Å². The average molecular weight is 439 g/mol. The molecule has 0 radical (unpaired) electrons. The average Bonchev–Trinajstić information content (AvgIpc) is 3.21. The molecule has 7 nitrogen and oxygen atoms in total. The molecule has 0 unspecified atom stereocenters. The molecule has 1 aliphatic heterocycles. The van der Waals surface area contributed by atoms with Gasteiger partial charge in [-0.25, -0.2) is 8.42 Å². The van der Waals surface area contributed by atoms with Crippen LogP contribution in [0.25, 0.3) is 0 Å². The van der Waals surface area contributed by atoms with Crippen molar-refractivity contribution in [3.63, 3.8) is 0 Å². The van der Waals surface area contributed by atoms with Gasteiger partial charge in [0.15, 0.2) is 6.61 Å². The standard InChI is InChI=1S/C20H23ClN2O5S/c1-14-4-5-15(11-19(14)21)23-29(25,26)18-8-6-16(7-9-18)28-13-20(24)22-12-17-3-2-10-27-17/h4-9,11,17,23H,2-3,10,12-13H2,1H3,(H,22,24)/t17-/m0/s1. The molecule has 2 aromatic carbocycles. The summed E-state index contributed by atoms with van der Waals surface area (Å²) in [5, 5.41) is 3.24. The van der Waals surface area contributed by atoms with Gasteiger partial charge in [-0.1, -0.05) is 17.7 Å². The normalized spacial score (nSPS) is 16.4. The Morgan fingerprint density at radius 3 is 2.66 bits per heavy atom. The molecule has 0 bridgehead atoms. The number of sulfonamides is 1. The van der Waals surface area contributed by atoms with Gasteiger partial charge < -0.3 is 14.8 Å². The highest BCUT2D eigenvalue weighted by Gasteiger charge is 2.17. The quantitative estimate of drug-likeness (QED) is 0.660. The molecule has 2 aromatic rings. The summed E-state index contributed by atoms with van der Waals surface area (Å²) in [6, 6.07) is 10.8. The van der Waals surface area contributed by atoms with Crippen LogP contribution in [0.4, 0.5) is 5.69 Å². The maximum absolute atomic E-state index is 12.5. The second-order valence-electron chi connectivity index (χ2n) is 6.77. The Morgan fingerprint density at radius 1 is 1.24 bits per heavy atom. The van der Waals surface area contributed by atoms with Crippen LogP contribution in [0.15, 0.2) is 47.4 Å². The van der Waals surface area contributed by atoms with E-state index in [-0.39, 0.29) is 23.5 Å². The van der Waals surface area contributed by atoms with Crippen molar-refractivity contribution in [2.75, 3.05) is 24.5 Å². The number of ether oxygens (including phenoxy) is 2. The number of halogens is 1. The second-order valence-corrected chi connectivity index (χ2v) is 8.86. The Kier molecular flexibility index (Phi) is 7.00. The molecule has 9 heteroatoms. The summed E-state index contributed by atoms with van der Waals surface area (Å²) in [6.07, 6.45) is 2.03. The number of anilines is 1. The monoisotopic (exact) mass is 438 g/mol. The number of benzene rings is 2. The number of hydrogen-bond acceptors (Lipinski definition) is 5. The van der Waals surface area contributed by atoms with E-state index in [1.165, 1.54) is 24.3 Å². The molecule has 1 saturated heterocycles. The van der Waals surface area contributed by atoms with E-state index >= 15 is 0 Å². The highest BCUT2D eigenvalue weighted by Crippen LogP contribution is 2.23. The zero-order valence-electron chi connectivity index (χ0n) is 16.0. The predicted octanol–water partition coefficient (Wildman–Crippen LogP) is 3.12. The minimum absolute atomic E-state index is 0.0688. The van der Waals surface area contributed by atoms with Gasteiger partial charge in [-0.2, -0.15) is 0 Å². The van der Waals surface area contributed by atoms with Crippen molar-refractivity contribution in [3.05, 3.63) is 53.1 Å². The van der Waals surface area contributed by atoms with Crippen LogP contribution in [0, 0.1) is 6.92 Å². The smallest absolute Gasteiger partial charge is 0.261 e. The third-order valence-electron chi connectivity index (χ3n) is 4.48. The number of amides is 1. The van der Waals surface area contributed by atoms with Crippen LogP contribution < -0.4 is 14.8 Å². The number of hydrogen-bond donors (Lipinski definition) is 2. The van der Waals surface area contributed by atoms with E-state index in [1.54, 1.807) is 18.2 Å². The molecule has 29 heavy (non-hydrogen) atoms. The molecule has 1 amide bonds. The highest BCUT2D eigenvalue weighted by atomic mass is 35.5. The van der Waals surface area contributed by atoms with Gasteiger partial charge in [0.25, 0.3) is 15.9 Å². The minimum Gasteiger partial charge on any atom is -0.484 e. The summed E-state index contributed by atoms with van der Waals surface area (Å²) in [5.41, 5.74) is 1.24. The van der Waals surface area contributed by atoms with E-state index in [1.807, 2.05) is 6.92 Å². The number of aryl methyl sites for hydroxylation is 1. The van der Waals surface area contributed by atoms with Gasteiger partial charge >= 0.3 is 0 Å². The molecule has 2 N–H and O–H groups in total. The van der Waals surface area contributed by atoms with Crippen LogP contribution in [0.5, 0.6) is 5.75 Å². The van der Waals surface area contributed by atoms with E-state index in [4.69, 9.17) is 21.1 Å². The fourth-order valence-corrected chi connectivity index (χ4v) is 4.05. The van der Waals surface area contributed by atoms with Gasteiger partial charge in [0.1, 0.15) is 5.75 Å². The molecule has 0 saturated carbocycles. The third-order valence-corrected chi connectivity index (χ3v) is 6.28. The van der Waals surface area contributed by atoms with Gasteiger partial charge in [0, 0.05) is 18.2 Å². The van der Waals surface area contributed by atoms with E-state index in [9.17, 15) is 13.2 Å². The lowest BCUT2D eigenvalue weighted by atomic mass is 10.2. The van der Waals surface area contributed by atoms with Gasteiger partial charge in [-0.3, -0.25) is 9.52 Å². The third kappa shape index (κ3) is 6.09. The van der Waals surface area contributed by atoms with Gasteiger partial charge in [-0.05, 0) is 61.7 Å². The Bertz CT molecular complexity index is 957. The Morgan fingerprint density at radius 2 is 2.00 bits per heavy atom. The number of carbonyl (C=O) groups excluding carboxylic acids is 1. The van der Waals surface area contributed by atoms with Crippen LogP contribution in [0.1, 0.15) is 18.4 Å². The Labute approximate surface area is 175 Å². The van der Waals surface area contributed by atoms with Crippen molar-refractivity contribution in [1.29, 1.82) is 0 Å². The Hall–Kier alpha value is -2.29. The minimum atomic E-state index is -3.77. The molecule has 1 heterocycles. The van der Waals surface area contributed by atoms with Gasteiger partial charge in [-0.15, -0.1) is 0 Å². The first-order valence-electron chi connectivity index (χ1n) is 9.23. The molecule has 0 aromatic heterocycles. The van der Waals surface area contributed by atoms with Crippen molar-refractivity contribution in [2.45, 2.75) is 30.8 Å². The lowest BCUT2D eigenvalue weighted by Gasteiger charge is -2.12. The predicted molar refractivity (Wildman–Crippen MR) is 111 cm³/mol. The van der Waals surface area contributed by atoms with Crippen molar-refractivity contribution in [1.82, 2.24) is 5.32 Å². The summed E-state index contributed by atoms with van der Waals surface area (Å²) < 4.78 is 38.4. The lowest BCUT2D eigenvalue weighted by Crippen LogP contribution is -2.35. The first-order chi connectivity index (χ1) is 13.8. The van der Waals surface area contributed by atoms with Crippen molar-refractivity contribution >= 4 is 33.2 Å². The van der Waals surface area contributed by atoms with E-state index in [0.29, 0.717) is 23.0 Å².